The van der Waals surface area contributed by atoms with Gasteiger partial charge in [0.1, 0.15) is 11.4 Å². The van der Waals surface area contributed by atoms with Gasteiger partial charge in [0.15, 0.2) is 0 Å². The number of nitrogens with one attached hydrogen (secondary N) is 3. The van der Waals surface area contributed by atoms with Gasteiger partial charge in [0.2, 0.25) is 0 Å². The van der Waals surface area contributed by atoms with Crippen molar-refractivity contribution in [1.82, 2.24) is 10.6 Å². The number of nitrogens with zero attached hydrogens (tertiary/aromatic N) is 1. The smallest absolute Gasteiger partial charge is 0.416 e. The number of benzene rings is 2. The van der Waals surface area contributed by atoms with Crippen molar-refractivity contribution < 1.29 is 27.5 Å². The van der Waals surface area contributed by atoms with Crippen LogP contribution in [0.25, 0.3) is 0 Å². The first-order valence-electron chi connectivity index (χ1n) is 10.1. The number of alkyl halides is 3. The molecular formula is C22H23F3N4O3. The summed E-state index contributed by atoms with van der Waals surface area (Å²) in [6.07, 6.45) is -4.11. The van der Waals surface area contributed by atoms with Crippen molar-refractivity contribution in [2.24, 2.45) is 0 Å². The molecule has 170 valence electrons. The first-order chi connectivity index (χ1) is 14.9. The number of fused-ring (bicyclic) bond motifs is 2. The number of anilines is 2. The summed E-state index contributed by atoms with van der Waals surface area (Å²) in [5, 5.41) is 8.38. The molecule has 0 aliphatic carbocycles. The van der Waals surface area contributed by atoms with Gasteiger partial charge in [-0.2, -0.15) is 13.2 Å². The largest absolute Gasteiger partial charge is 0.487 e. The Morgan fingerprint density at radius 2 is 2.00 bits per heavy atom. The molecule has 0 fully saturated rings. The van der Waals surface area contributed by atoms with Crippen molar-refractivity contribution in [3.8, 4) is 5.75 Å². The molecule has 2 heterocycles. The molecule has 2 aliphatic heterocycles. The Morgan fingerprint density at radius 1 is 1.25 bits per heavy atom. The van der Waals surface area contributed by atoms with Crippen LogP contribution < -0.4 is 25.6 Å². The number of hydrogen-bond acceptors (Lipinski definition) is 3. The van der Waals surface area contributed by atoms with Gasteiger partial charge in [-0.1, -0.05) is 12.1 Å². The lowest BCUT2D eigenvalue weighted by Crippen LogP contribution is -2.43. The first-order valence-corrected chi connectivity index (χ1v) is 10.1. The molecule has 0 unspecified atom stereocenters. The molecule has 2 aliphatic rings. The molecule has 32 heavy (non-hydrogen) atoms. The maximum atomic E-state index is 13.1. The minimum atomic E-state index is -4.49. The van der Waals surface area contributed by atoms with Gasteiger partial charge in [0, 0.05) is 36.8 Å². The van der Waals surface area contributed by atoms with E-state index < -0.39 is 29.4 Å². The normalized spacial score (nSPS) is 19.2. The zero-order chi connectivity index (χ0) is 23.3. The van der Waals surface area contributed by atoms with Crippen LogP contribution in [-0.2, 0) is 12.7 Å². The van der Waals surface area contributed by atoms with Crippen molar-refractivity contribution in [3.63, 3.8) is 0 Å². The molecule has 10 heteroatoms. The number of carbonyl (C=O) groups is 2. The van der Waals surface area contributed by atoms with Crippen LogP contribution in [-0.4, -0.2) is 24.7 Å². The average Bonchev–Trinajstić information content (AvgIpc) is 2.69. The van der Waals surface area contributed by atoms with Crippen LogP contribution in [0.4, 0.5) is 34.1 Å². The van der Waals surface area contributed by atoms with Crippen LogP contribution in [0.1, 0.15) is 43.0 Å². The molecule has 1 atom stereocenters. The van der Waals surface area contributed by atoms with Gasteiger partial charge in [-0.3, -0.25) is 4.90 Å². The Kier molecular flexibility index (Phi) is 5.18. The van der Waals surface area contributed by atoms with E-state index in [-0.39, 0.29) is 18.3 Å². The molecule has 0 aromatic heterocycles. The number of ether oxygens (including phenoxy) is 1. The van der Waals surface area contributed by atoms with E-state index in [1.165, 1.54) is 11.0 Å². The highest BCUT2D eigenvalue weighted by Gasteiger charge is 2.38. The van der Waals surface area contributed by atoms with Gasteiger partial charge >= 0.3 is 18.2 Å². The Morgan fingerprint density at radius 3 is 2.72 bits per heavy atom. The van der Waals surface area contributed by atoms with Crippen molar-refractivity contribution in [3.05, 3.63) is 53.1 Å². The molecule has 4 rings (SSSR count). The lowest BCUT2D eigenvalue weighted by atomic mass is 9.89. The van der Waals surface area contributed by atoms with Crippen LogP contribution in [0.3, 0.4) is 0 Å². The standard InChI is InChI=1S/C22H23F3N4O3/c1-21(2)10-16(13-8-7-12(22(23,24)25)9-18(13)32-21)28-19(30)27-15-5-4-6-17-14(15)11-26-20(31)29(17)3/h4-9,16H,10-11H2,1-3H3,(H,26,31)(H2,27,28,30)/t16-/m1/s1. The Balaban J connectivity index is 1.57. The van der Waals surface area contributed by atoms with Gasteiger partial charge in [0.25, 0.3) is 0 Å². The van der Waals surface area contributed by atoms with E-state index >= 15 is 0 Å². The van der Waals surface area contributed by atoms with Gasteiger partial charge in [-0.15, -0.1) is 0 Å². The second-order valence-corrected chi connectivity index (χ2v) is 8.49. The zero-order valence-corrected chi connectivity index (χ0v) is 17.8. The van der Waals surface area contributed by atoms with E-state index in [0.717, 1.165) is 17.7 Å². The molecule has 4 amide bonds. The summed E-state index contributed by atoms with van der Waals surface area (Å²) in [6.45, 7) is 3.78. The minimum Gasteiger partial charge on any atom is -0.487 e. The predicted molar refractivity (Wildman–Crippen MR) is 113 cm³/mol. The summed E-state index contributed by atoms with van der Waals surface area (Å²) in [5.74, 6) is 0.0998. The molecule has 0 saturated carbocycles. The van der Waals surface area contributed by atoms with E-state index in [9.17, 15) is 22.8 Å². The number of hydrogen-bond donors (Lipinski definition) is 3. The zero-order valence-electron chi connectivity index (χ0n) is 17.8. The third-order valence-electron chi connectivity index (χ3n) is 5.59. The molecular weight excluding hydrogens is 425 g/mol. The number of urea groups is 2. The Hall–Kier alpha value is -3.43. The number of amides is 4. The van der Waals surface area contributed by atoms with Gasteiger partial charge < -0.3 is 20.7 Å². The highest BCUT2D eigenvalue weighted by atomic mass is 19.4. The molecule has 0 spiro atoms. The van der Waals surface area contributed by atoms with Gasteiger partial charge in [0.05, 0.1) is 17.3 Å². The van der Waals surface area contributed by atoms with Crippen LogP contribution in [0, 0.1) is 0 Å². The topological polar surface area (TPSA) is 82.7 Å². The molecule has 3 N–H and O–H groups in total. The Labute approximate surface area is 182 Å². The quantitative estimate of drug-likeness (QED) is 0.618. The van der Waals surface area contributed by atoms with E-state index in [2.05, 4.69) is 16.0 Å². The van der Waals surface area contributed by atoms with E-state index in [0.29, 0.717) is 23.4 Å². The fourth-order valence-electron chi connectivity index (χ4n) is 4.06. The molecule has 2 aromatic carbocycles. The van der Waals surface area contributed by atoms with Crippen molar-refractivity contribution in [2.45, 2.75) is 44.6 Å². The fraction of sp³-hybridized carbons (Fsp3) is 0.364. The minimum absolute atomic E-state index is 0.0998. The van der Waals surface area contributed by atoms with E-state index in [4.69, 9.17) is 4.74 Å². The van der Waals surface area contributed by atoms with Gasteiger partial charge in [-0.05, 0) is 38.1 Å². The highest BCUT2D eigenvalue weighted by molar-refractivity contribution is 5.98. The average molecular weight is 448 g/mol. The molecule has 0 saturated heterocycles. The summed E-state index contributed by atoms with van der Waals surface area (Å²) in [7, 11) is 1.63. The fourth-order valence-corrected chi connectivity index (χ4v) is 4.06. The number of carbonyl (C=O) groups excluding carboxylic acids is 2. The van der Waals surface area contributed by atoms with E-state index in [1.54, 1.807) is 39.1 Å². The lowest BCUT2D eigenvalue weighted by Gasteiger charge is -2.38. The van der Waals surface area contributed by atoms with Crippen molar-refractivity contribution >= 4 is 23.4 Å². The summed E-state index contributed by atoms with van der Waals surface area (Å²) in [6, 6.07) is 7.24. The van der Waals surface area contributed by atoms with Crippen LogP contribution in [0.15, 0.2) is 36.4 Å². The summed E-state index contributed by atoms with van der Waals surface area (Å²) in [5.41, 5.74) is 0.879. The van der Waals surface area contributed by atoms with Crippen molar-refractivity contribution in [2.75, 3.05) is 17.3 Å². The van der Waals surface area contributed by atoms with Crippen LogP contribution in [0.5, 0.6) is 5.75 Å². The monoisotopic (exact) mass is 448 g/mol. The second kappa shape index (κ2) is 7.61. The number of rotatable bonds is 2. The molecule has 0 radical (unpaired) electrons. The summed E-state index contributed by atoms with van der Waals surface area (Å²) < 4.78 is 45.1. The molecule has 2 aromatic rings. The first kappa shape index (κ1) is 21.8. The maximum Gasteiger partial charge on any atom is 0.416 e. The summed E-state index contributed by atoms with van der Waals surface area (Å²) in [4.78, 5) is 26.1. The summed E-state index contributed by atoms with van der Waals surface area (Å²) >= 11 is 0. The van der Waals surface area contributed by atoms with E-state index in [1.807, 2.05) is 0 Å². The lowest BCUT2D eigenvalue weighted by molar-refractivity contribution is -0.137. The number of halogens is 3. The van der Waals surface area contributed by atoms with Crippen LogP contribution in [0.2, 0.25) is 0 Å². The van der Waals surface area contributed by atoms with Gasteiger partial charge in [-0.25, -0.2) is 9.59 Å². The Bertz CT molecular complexity index is 1080. The third-order valence-corrected chi connectivity index (χ3v) is 5.59. The third kappa shape index (κ3) is 4.17. The SMILES string of the molecule is CN1C(=O)NCc2c(NC(=O)N[C@@H]3CC(C)(C)Oc4cc(C(F)(F)F)ccc43)cccc21. The highest BCUT2D eigenvalue weighted by Crippen LogP contribution is 2.42. The molecule has 0 bridgehead atoms. The van der Waals surface area contributed by atoms with Crippen molar-refractivity contribution in [1.29, 1.82) is 0 Å². The molecule has 7 nitrogen and oxygen atoms in total. The predicted octanol–water partition coefficient (Wildman–Crippen LogP) is 4.79. The second-order valence-electron chi connectivity index (χ2n) is 8.49. The van der Waals surface area contributed by atoms with Crippen LogP contribution >= 0.6 is 0 Å². The maximum absolute atomic E-state index is 13.1.